The molecule has 1 fully saturated rings. The van der Waals surface area contributed by atoms with Crippen LogP contribution in [-0.4, -0.2) is 23.2 Å². The predicted octanol–water partition coefficient (Wildman–Crippen LogP) is 1.74. The lowest BCUT2D eigenvalue weighted by Gasteiger charge is -2.40. The van der Waals surface area contributed by atoms with Crippen LogP contribution in [0.2, 0.25) is 0 Å². The van der Waals surface area contributed by atoms with E-state index in [1.807, 2.05) is 30.3 Å². The molecule has 0 saturated heterocycles. The molecule has 110 valence electrons. The Morgan fingerprint density at radius 3 is 2.80 bits per heavy atom. The highest BCUT2D eigenvalue weighted by Gasteiger charge is 2.36. The fourth-order valence-corrected chi connectivity index (χ4v) is 3.11. The maximum atomic E-state index is 12.3. The van der Waals surface area contributed by atoms with Crippen LogP contribution in [0.15, 0.2) is 30.3 Å². The van der Waals surface area contributed by atoms with E-state index in [1.54, 1.807) is 0 Å². The molecular weight excluding hydrogens is 252 g/mol. The molecule has 3 unspecified atom stereocenters. The molecule has 0 radical (unpaired) electrons. The fourth-order valence-electron chi connectivity index (χ4n) is 3.11. The third-order valence-electron chi connectivity index (χ3n) is 4.22. The quantitative estimate of drug-likeness (QED) is 0.784. The first-order valence-corrected chi connectivity index (χ1v) is 7.30. The standard InChI is InChI=1S/C16H24N2O2/c1-12-6-5-9-16(10-12,11-19)18-15(20)14(17)13-7-3-2-4-8-13/h2-4,7-8,12,14,19H,5-6,9-11,17H2,1H3,(H,18,20). The summed E-state index contributed by atoms with van der Waals surface area (Å²) in [6, 6.07) is 8.64. The van der Waals surface area contributed by atoms with Gasteiger partial charge >= 0.3 is 0 Å². The van der Waals surface area contributed by atoms with Crippen LogP contribution in [0.25, 0.3) is 0 Å². The highest BCUT2D eigenvalue weighted by molar-refractivity contribution is 5.83. The lowest BCUT2D eigenvalue weighted by Crippen LogP contribution is -2.55. The summed E-state index contributed by atoms with van der Waals surface area (Å²) in [6.07, 6.45) is 3.82. The Kier molecular flexibility index (Phi) is 4.78. The van der Waals surface area contributed by atoms with Gasteiger partial charge in [-0.05, 0) is 24.3 Å². The molecule has 1 aliphatic rings. The molecule has 0 spiro atoms. The molecular formula is C16H24N2O2. The van der Waals surface area contributed by atoms with Gasteiger partial charge in [-0.25, -0.2) is 0 Å². The highest BCUT2D eigenvalue weighted by Crippen LogP contribution is 2.32. The number of aliphatic hydroxyl groups is 1. The Hall–Kier alpha value is -1.39. The summed E-state index contributed by atoms with van der Waals surface area (Å²) in [4.78, 5) is 12.3. The van der Waals surface area contributed by atoms with Crippen molar-refractivity contribution in [3.63, 3.8) is 0 Å². The number of amides is 1. The Morgan fingerprint density at radius 2 is 2.20 bits per heavy atom. The van der Waals surface area contributed by atoms with Gasteiger partial charge in [0.15, 0.2) is 0 Å². The van der Waals surface area contributed by atoms with Crippen molar-refractivity contribution in [1.82, 2.24) is 5.32 Å². The minimum atomic E-state index is -0.683. The normalized spacial score (nSPS) is 27.9. The van der Waals surface area contributed by atoms with Crippen LogP contribution in [0.5, 0.6) is 0 Å². The van der Waals surface area contributed by atoms with Crippen molar-refractivity contribution in [2.45, 2.75) is 44.2 Å². The van der Waals surface area contributed by atoms with Crippen LogP contribution in [-0.2, 0) is 4.79 Å². The molecule has 2 rings (SSSR count). The molecule has 20 heavy (non-hydrogen) atoms. The van der Waals surface area contributed by atoms with E-state index in [4.69, 9.17) is 5.73 Å². The van der Waals surface area contributed by atoms with Crippen molar-refractivity contribution in [3.8, 4) is 0 Å². The van der Waals surface area contributed by atoms with Gasteiger partial charge in [-0.3, -0.25) is 4.79 Å². The summed E-state index contributed by atoms with van der Waals surface area (Å²) in [5.74, 6) is 0.309. The van der Waals surface area contributed by atoms with Crippen LogP contribution in [0.1, 0.15) is 44.2 Å². The van der Waals surface area contributed by atoms with Gasteiger partial charge in [0.1, 0.15) is 6.04 Å². The van der Waals surface area contributed by atoms with E-state index < -0.39 is 11.6 Å². The summed E-state index contributed by atoms with van der Waals surface area (Å²) >= 11 is 0. The first-order chi connectivity index (χ1) is 9.56. The zero-order valence-corrected chi connectivity index (χ0v) is 12.0. The summed E-state index contributed by atoms with van der Waals surface area (Å²) in [5.41, 5.74) is 6.30. The first kappa shape index (κ1) is 15.0. The van der Waals surface area contributed by atoms with E-state index in [0.717, 1.165) is 31.2 Å². The number of nitrogens with one attached hydrogen (secondary N) is 1. The van der Waals surface area contributed by atoms with E-state index >= 15 is 0 Å². The van der Waals surface area contributed by atoms with Gasteiger partial charge in [-0.2, -0.15) is 0 Å². The van der Waals surface area contributed by atoms with Crippen molar-refractivity contribution >= 4 is 5.91 Å². The average Bonchev–Trinajstić information content (AvgIpc) is 2.47. The zero-order chi connectivity index (χ0) is 14.6. The number of rotatable bonds is 4. The summed E-state index contributed by atoms with van der Waals surface area (Å²) in [7, 11) is 0. The van der Waals surface area contributed by atoms with Gasteiger partial charge < -0.3 is 16.2 Å². The van der Waals surface area contributed by atoms with Crippen molar-refractivity contribution in [2.24, 2.45) is 11.7 Å². The summed E-state index contributed by atoms with van der Waals surface area (Å²) in [5, 5.41) is 12.7. The molecule has 0 aromatic heterocycles. The number of hydrogen-bond donors (Lipinski definition) is 3. The van der Waals surface area contributed by atoms with Crippen LogP contribution < -0.4 is 11.1 Å². The van der Waals surface area contributed by atoms with Gasteiger partial charge in [0.05, 0.1) is 12.1 Å². The fraction of sp³-hybridized carbons (Fsp3) is 0.562. The Morgan fingerprint density at radius 1 is 1.50 bits per heavy atom. The minimum Gasteiger partial charge on any atom is -0.394 e. The van der Waals surface area contributed by atoms with Gasteiger partial charge in [-0.1, -0.05) is 50.1 Å². The largest absolute Gasteiger partial charge is 0.394 e. The molecule has 0 heterocycles. The maximum Gasteiger partial charge on any atom is 0.242 e. The Balaban J connectivity index is 2.06. The molecule has 4 N–H and O–H groups in total. The number of carbonyl (C=O) groups excluding carboxylic acids is 1. The highest BCUT2D eigenvalue weighted by atomic mass is 16.3. The Labute approximate surface area is 120 Å². The summed E-state index contributed by atoms with van der Waals surface area (Å²) < 4.78 is 0. The van der Waals surface area contributed by atoms with Crippen LogP contribution in [0.4, 0.5) is 0 Å². The second-order valence-corrected chi connectivity index (χ2v) is 6.02. The van der Waals surface area contributed by atoms with E-state index in [0.29, 0.717) is 5.92 Å². The molecule has 1 saturated carbocycles. The van der Waals surface area contributed by atoms with Gasteiger partial charge in [0, 0.05) is 0 Å². The predicted molar refractivity (Wildman–Crippen MR) is 79.0 cm³/mol. The van der Waals surface area contributed by atoms with Crippen molar-refractivity contribution in [3.05, 3.63) is 35.9 Å². The van der Waals surface area contributed by atoms with Crippen molar-refractivity contribution < 1.29 is 9.90 Å². The van der Waals surface area contributed by atoms with Crippen LogP contribution >= 0.6 is 0 Å². The van der Waals surface area contributed by atoms with E-state index in [2.05, 4.69) is 12.2 Å². The van der Waals surface area contributed by atoms with Gasteiger partial charge in [0.25, 0.3) is 0 Å². The second-order valence-electron chi connectivity index (χ2n) is 6.02. The second kappa shape index (κ2) is 6.37. The monoisotopic (exact) mass is 276 g/mol. The van der Waals surface area contributed by atoms with Gasteiger partial charge in [-0.15, -0.1) is 0 Å². The molecule has 4 nitrogen and oxygen atoms in total. The lowest BCUT2D eigenvalue weighted by atomic mass is 9.76. The topological polar surface area (TPSA) is 75.3 Å². The molecule has 4 heteroatoms. The molecule has 0 aliphatic heterocycles. The number of benzene rings is 1. The van der Waals surface area contributed by atoms with Crippen molar-refractivity contribution in [1.29, 1.82) is 0 Å². The maximum absolute atomic E-state index is 12.3. The van der Waals surface area contributed by atoms with Crippen LogP contribution in [0, 0.1) is 5.92 Å². The molecule has 0 bridgehead atoms. The average molecular weight is 276 g/mol. The van der Waals surface area contributed by atoms with Crippen LogP contribution in [0.3, 0.4) is 0 Å². The number of carbonyl (C=O) groups is 1. The van der Waals surface area contributed by atoms with E-state index in [9.17, 15) is 9.90 Å². The smallest absolute Gasteiger partial charge is 0.242 e. The van der Waals surface area contributed by atoms with E-state index in [-0.39, 0.29) is 12.5 Å². The zero-order valence-electron chi connectivity index (χ0n) is 12.0. The molecule has 1 aromatic carbocycles. The van der Waals surface area contributed by atoms with Gasteiger partial charge in [0.2, 0.25) is 5.91 Å². The number of nitrogens with two attached hydrogens (primary N) is 1. The minimum absolute atomic E-state index is 0.0232. The molecule has 1 amide bonds. The van der Waals surface area contributed by atoms with E-state index in [1.165, 1.54) is 0 Å². The Bertz CT molecular complexity index is 449. The van der Waals surface area contributed by atoms with Crippen molar-refractivity contribution in [2.75, 3.05) is 6.61 Å². The third kappa shape index (κ3) is 3.38. The lowest BCUT2D eigenvalue weighted by molar-refractivity contribution is -0.125. The molecule has 1 aliphatic carbocycles. The number of aliphatic hydroxyl groups excluding tert-OH is 1. The third-order valence-corrected chi connectivity index (χ3v) is 4.22. The number of hydrogen-bond acceptors (Lipinski definition) is 3. The molecule has 3 atom stereocenters. The summed E-state index contributed by atoms with van der Waals surface area (Å²) in [6.45, 7) is 2.14. The first-order valence-electron chi connectivity index (χ1n) is 7.30. The molecule has 1 aromatic rings. The SMILES string of the molecule is CC1CCCC(CO)(NC(=O)C(N)c2ccccc2)C1.